The fourth-order valence-corrected chi connectivity index (χ4v) is 4.68. The van der Waals surface area contributed by atoms with Crippen LogP contribution in [0.25, 0.3) is 0 Å². The van der Waals surface area contributed by atoms with E-state index in [4.69, 9.17) is 10.5 Å². The van der Waals surface area contributed by atoms with Gasteiger partial charge in [-0.25, -0.2) is 4.79 Å². The zero-order valence-electron chi connectivity index (χ0n) is 13.8. The first-order valence-corrected chi connectivity index (χ1v) is 9.36. The number of carbonyl (C=O) groups excluding carboxylic acids is 1. The van der Waals surface area contributed by atoms with E-state index in [1.807, 2.05) is 24.3 Å². The number of halogens is 1. The van der Waals surface area contributed by atoms with Gasteiger partial charge in [-0.05, 0) is 65.8 Å². The minimum Gasteiger partial charge on any atom is -0.446 e. The van der Waals surface area contributed by atoms with Gasteiger partial charge < -0.3 is 15.6 Å². The number of ether oxygens (including phenoxy) is 1. The summed E-state index contributed by atoms with van der Waals surface area (Å²) in [6, 6.07) is 7.92. The van der Waals surface area contributed by atoms with E-state index in [9.17, 15) is 9.90 Å². The Labute approximate surface area is 151 Å². The van der Waals surface area contributed by atoms with Crippen molar-refractivity contribution in [2.75, 3.05) is 0 Å². The Kier molecular flexibility index (Phi) is 6.31. The molecule has 1 aromatic carbocycles. The second-order valence-electron chi connectivity index (χ2n) is 6.87. The molecule has 0 aromatic heterocycles. The van der Waals surface area contributed by atoms with Crippen LogP contribution in [0.15, 0.2) is 24.3 Å². The van der Waals surface area contributed by atoms with Gasteiger partial charge in [0.2, 0.25) is 0 Å². The van der Waals surface area contributed by atoms with Gasteiger partial charge in [0.15, 0.2) is 0 Å². The van der Waals surface area contributed by atoms with Crippen molar-refractivity contribution in [1.82, 2.24) is 0 Å². The van der Waals surface area contributed by atoms with E-state index in [-0.39, 0.29) is 12.0 Å². The number of amides is 1. The van der Waals surface area contributed by atoms with Crippen LogP contribution in [0.4, 0.5) is 4.79 Å². The van der Waals surface area contributed by atoms with Crippen LogP contribution in [0.1, 0.15) is 51.5 Å². The molecule has 0 heterocycles. The highest BCUT2D eigenvalue weighted by Gasteiger charge is 2.46. The molecular formula is C18H26INO3. The molecule has 0 spiro atoms. The molecule has 1 aromatic rings. The Morgan fingerprint density at radius 3 is 2.65 bits per heavy atom. The molecular weight excluding hydrogens is 405 g/mol. The van der Waals surface area contributed by atoms with Gasteiger partial charge in [-0.15, -0.1) is 0 Å². The molecule has 2 rings (SSSR count). The van der Waals surface area contributed by atoms with Crippen molar-refractivity contribution >= 4 is 28.7 Å². The second-order valence-corrected chi connectivity index (χ2v) is 8.03. The van der Waals surface area contributed by atoms with Gasteiger partial charge in [-0.3, -0.25) is 0 Å². The zero-order chi connectivity index (χ0) is 17.0. The quantitative estimate of drug-likeness (QED) is 0.688. The fourth-order valence-electron chi connectivity index (χ4n) is 3.83. The summed E-state index contributed by atoms with van der Waals surface area (Å²) < 4.78 is 6.41. The van der Waals surface area contributed by atoms with Crippen LogP contribution in [0.5, 0.6) is 0 Å². The molecule has 128 valence electrons. The van der Waals surface area contributed by atoms with Gasteiger partial charge in [0, 0.05) is 9.49 Å². The molecule has 0 aliphatic heterocycles. The summed E-state index contributed by atoms with van der Waals surface area (Å²) in [6.45, 7) is 4.21. The standard InChI is InChI=1S/C18H26INO3/c1-12(2)11-18(22,13-7-3-5-9-15(13)19)14-8-4-6-10-16(14)23-17(20)21/h3,5,7,9,12,14,16,22H,4,6,8,10-11H2,1-2H3,(H2,20,21)/t14-,16?,18+/m0/s1. The van der Waals surface area contributed by atoms with Crippen LogP contribution in [-0.4, -0.2) is 17.3 Å². The Balaban J connectivity index is 2.43. The second kappa shape index (κ2) is 7.83. The number of hydrogen-bond donors (Lipinski definition) is 2. The lowest BCUT2D eigenvalue weighted by Gasteiger charge is -2.44. The molecule has 3 N–H and O–H groups in total. The number of rotatable bonds is 5. The number of hydrogen-bond acceptors (Lipinski definition) is 3. The Bertz CT molecular complexity index is 549. The van der Waals surface area contributed by atoms with Crippen LogP contribution in [-0.2, 0) is 10.3 Å². The fraction of sp³-hybridized carbons (Fsp3) is 0.611. The molecule has 23 heavy (non-hydrogen) atoms. The normalized spacial score (nSPS) is 24.2. The Morgan fingerprint density at radius 2 is 2.04 bits per heavy atom. The number of carbonyl (C=O) groups is 1. The number of aliphatic hydroxyl groups is 1. The summed E-state index contributed by atoms with van der Waals surface area (Å²) in [4.78, 5) is 11.3. The topological polar surface area (TPSA) is 72.6 Å². The Hall–Kier alpha value is -0.820. The number of benzene rings is 1. The monoisotopic (exact) mass is 431 g/mol. The van der Waals surface area contributed by atoms with E-state index in [0.717, 1.165) is 34.8 Å². The van der Waals surface area contributed by atoms with Crippen LogP contribution >= 0.6 is 22.6 Å². The summed E-state index contributed by atoms with van der Waals surface area (Å²) in [5.41, 5.74) is 5.18. The van der Waals surface area contributed by atoms with E-state index >= 15 is 0 Å². The molecule has 4 nitrogen and oxygen atoms in total. The van der Waals surface area contributed by atoms with Crippen molar-refractivity contribution in [1.29, 1.82) is 0 Å². The molecule has 0 radical (unpaired) electrons. The summed E-state index contributed by atoms with van der Waals surface area (Å²) in [6.07, 6.45) is 3.20. The molecule has 0 bridgehead atoms. The highest BCUT2D eigenvalue weighted by atomic mass is 127. The third kappa shape index (κ3) is 4.38. The highest BCUT2D eigenvalue weighted by Crippen LogP contribution is 2.45. The van der Waals surface area contributed by atoms with Gasteiger partial charge in [0.05, 0.1) is 5.60 Å². The lowest BCUT2D eigenvalue weighted by molar-refractivity contribution is -0.106. The first-order chi connectivity index (χ1) is 10.8. The third-order valence-electron chi connectivity index (χ3n) is 4.64. The minimum absolute atomic E-state index is 0.123. The lowest BCUT2D eigenvalue weighted by Crippen LogP contribution is -2.47. The third-order valence-corrected chi connectivity index (χ3v) is 5.58. The van der Waals surface area contributed by atoms with Crippen molar-refractivity contribution in [3.05, 3.63) is 33.4 Å². The van der Waals surface area contributed by atoms with E-state index in [2.05, 4.69) is 36.4 Å². The van der Waals surface area contributed by atoms with E-state index < -0.39 is 11.7 Å². The van der Waals surface area contributed by atoms with E-state index in [0.29, 0.717) is 12.3 Å². The lowest BCUT2D eigenvalue weighted by atomic mass is 9.68. The predicted molar refractivity (Wildman–Crippen MR) is 98.9 cm³/mol. The zero-order valence-corrected chi connectivity index (χ0v) is 16.0. The molecule has 1 unspecified atom stereocenters. The largest absolute Gasteiger partial charge is 0.446 e. The summed E-state index contributed by atoms with van der Waals surface area (Å²) in [5, 5.41) is 11.7. The first-order valence-electron chi connectivity index (χ1n) is 8.28. The van der Waals surface area contributed by atoms with Gasteiger partial charge in [0.1, 0.15) is 6.10 Å². The molecule has 1 fully saturated rings. The summed E-state index contributed by atoms with van der Waals surface area (Å²) in [7, 11) is 0. The van der Waals surface area contributed by atoms with Crippen molar-refractivity contribution in [2.24, 2.45) is 17.6 Å². The van der Waals surface area contributed by atoms with Crippen LogP contribution in [0.3, 0.4) is 0 Å². The average molecular weight is 431 g/mol. The van der Waals surface area contributed by atoms with Crippen molar-refractivity contribution in [3.63, 3.8) is 0 Å². The van der Waals surface area contributed by atoms with Gasteiger partial charge in [-0.1, -0.05) is 38.5 Å². The maximum atomic E-state index is 11.7. The molecule has 3 atom stereocenters. The van der Waals surface area contributed by atoms with Crippen LogP contribution in [0.2, 0.25) is 0 Å². The van der Waals surface area contributed by atoms with Gasteiger partial charge in [0.25, 0.3) is 0 Å². The van der Waals surface area contributed by atoms with E-state index in [1.54, 1.807) is 0 Å². The average Bonchev–Trinajstić information content (AvgIpc) is 2.46. The van der Waals surface area contributed by atoms with Crippen LogP contribution < -0.4 is 5.73 Å². The maximum Gasteiger partial charge on any atom is 0.404 e. The minimum atomic E-state index is -1.01. The van der Waals surface area contributed by atoms with Gasteiger partial charge >= 0.3 is 6.09 Å². The molecule has 1 amide bonds. The van der Waals surface area contributed by atoms with Gasteiger partial charge in [-0.2, -0.15) is 0 Å². The smallest absolute Gasteiger partial charge is 0.404 e. The summed E-state index contributed by atoms with van der Waals surface area (Å²) >= 11 is 2.27. The number of nitrogens with two attached hydrogens (primary N) is 1. The summed E-state index contributed by atoms with van der Waals surface area (Å²) in [5.74, 6) is 0.203. The van der Waals surface area contributed by atoms with Crippen molar-refractivity contribution < 1.29 is 14.6 Å². The number of primary amides is 1. The molecule has 0 saturated heterocycles. The molecule has 1 saturated carbocycles. The maximum absolute atomic E-state index is 11.7. The molecule has 1 aliphatic carbocycles. The highest BCUT2D eigenvalue weighted by molar-refractivity contribution is 14.1. The molecule has 1 aliphatic rings. The van der Waals surface area contributed by atoms with Crippen LogP contribution in [0, 0.1) is 15.4 Å². The van der Waals surface area contributed by atoms with E-state index in [1.165, 1.54) is 0 Å². The molecule has 5 heteroatoms. The Morgan fingerprint density at radius 1 is 1.39 bits per heavy atom. The predicted octanol–water partition coefficient (Wildman–Crippen LogP) is 4.18. The SMILES string of the molecule is CC(C)C[C@@](O)(c1ccccc1I)[C@H]1CCCCC1OC(N)=O. The van der Waals surface area contributed by atoms with Crippen molar-refractivity contribution in [2.45, 2.75) is 57.7 Å². The van der Waals surface area contributed by atoms with Crippen molar-refractivity contribution in [3.8, 4) is 0 Å². The first kappa shape index (κ1) is 18.5.